The van der Waals surface area contributed by atoms with Gasteiger partial charge in [-0.2, -0.15) is 0 Å². The average molecular weight is 849 g/mol. The number of anilines is 6. The van der Waals surface area contributed by atoms with E-state index in [9.17, 15) is 0 Å². The molecule has 0 N–H and O–H groups in total. The summed E-state index contributed by atoms with van der Waals surface area (Å²) in [5, 5.41) is 0. The molecule has 11 aromatic rings. The van der Waals surface area contributed by atoms with E-state index in [2.05, 4.69) is 259 Å². The van der Waals surface area contributed by atoms with Crippen LogP contribution in [0.2, 0.25) is 0 Å². The van der Waals surface area contributed by atoms with E-state index in [1.807, 2.05) is 36.9 Å². The minimum absolute atomic E-state index is 0.965. The lowest BCUT2D eigenvalue weighted by Crippen LogP contribution is -2.15. The zero-order valence-corrected chi connectivity index (χ0v) is 36.1. The van der Waals surface area contributed by atoms with E-state index in [4.69, 9.17) is 0 Å². The molecular weight excluding hydrogens is 805 g/mol. The molecule has 0 atom stereocenters. The van der Waals surface area contributed by atoms with Crippen LogP contribution in [0.3, 0.4) is 0 Å². The van der Waals surface area contributed by atoms with Gasteiger partial charge in [0.1, 0.15) is 11.6 Å². The summed E-state index contributed by atoms with van der Waals surface area (Å²) in [4.78, 5) is 13.7. The van der Waals surface area contributed by atoms with E-state index in [-0.39, 0.29) is 0 Å². The van der Waals surface area contributed by atoms with Crippen molar-refractivity contribution in [1.29, 1.82) is 0 Å². The normalized spacial score (nSPS) is 11.0. The van der Waals surface area contributed by atoms with Gasteiger partial charge in [-0.1, -0.05) is 146 Å². The lowest BCUT2D eigenvalue weighted by molar-refractivity contribution is 1.04. The highest BCUT2D eigenvalue weighted by Gasteiger charge is 2.23. The van der Waals surface area contributed by atoms with Crippen LogP contribution in [0.25, 0.3) is 56.1 Å². The van der Waals surface area contributed by atoms with E-state index in [0.29, 0.717) is 0 Å². The van der Waals surface area contributed by atoms with Crippen molar-refractivity contribution < 1.29 is 0 Å². The SMILES string of the molecule is c1ccc(-c2ccc(N(c3cccnc3)c3ccc(-c4ccc(-c5ccc(N(c6ccc(-c7ccccc7)cc6)c6cccnc6)n5-c5ccccc5)cc4)n3-c3ccccc3)cc2)cc1. The smallest absolute Gasteiger partial charge is 0.122 e. The lowest BCUT2D eigenvalue weighted by Gasteiger charge is -2.27. The van der Waals surface area contributed by atoms with E-state index in [1.165, 1.54) is 11.1 Å². The molecule has 0 unspecified atom stereocenters. The number of hydrogen-bond acceptors (Lipinski definition) is 4. The van der Waals surface area contributed by atoms with E-state index in [0.717, 1.165) is 79.4 Å². The van der Waals surface area contributed by atoms with Crippen molar-refractivity contribution >= 4 is 34.4 Å². The molecule has 6 nitrogen and oxygen atoms in total. The third kappa shape index (κ3) is 7.84. The Kier molecular flexibility index (Phi) is 10.9. The Morgan fingerprint density at radius 2 is 0.591 bits per heavy atom. The zero-order valence-electron chi connectivity index (χ0n) is 36.1. The first-order valence-electron chi connectivity index (χ1n) is 22.1. The minimum Gasteiger partial charge on any atom is -0.296 e. The molecule has 0 bridgehead atoms. The van der Waals surface area contributed by atoms with Gasteiger partial charge >= 0.3 is 0 Å². The summed E-state index contributed by atoms with van der Waals surface area (Å²) in [5.74, 6) is 1.99. The van der Waals surface area contributed by atoms with Gasteiger partial charge in [-0.25, -0.2) is 0 Å². The summed E-state index contributed by atoms with van der Waals surface area (Å²) in [6.07, 6.45) is 7.49. The maximum absolute atomic E-state index is 4.56. The molecule has 0 aliphatic heterocycles. The van der Waals surface area contributed by atoms with Gasteiger partial charge in [0, 0.05) is 35.1 Å². The first-order chi connectivity index (χ1) is 32.8. The fraction of sp³-hybridized carbons (Fsp3) is 0. The maximum atomic E-state index is 4.56. The molecule has 0 radical (unpaired) electrons. The van der Waals surface area contributed by atoms with Crippen molar-refractivity contribution in [3.63, 3.8) is 0 Å². The van der Waals surface area contributed by atoms with Crippen LogP contribution in [-0.2, 0) is 0 Å². The van der Waals surface area contributed by atoms with Crippen LogP contribution in [0, 0.1) is 0 Å². The summed E-state index contributed by atoms with van der Waals surface area (Å²) in [6, 6.07) is 85.7. The van der Waals surface area contributed by atoms with Crippen LogP contribution in [0.1, 0.15) is 0 Å². The standard InChI is InChI=1S/C60H44N6/c1-5-15-45(16-6-1)47-29-33-53(34-30-47)63(55-23-13-41-61-43-55)59-39-37-57(65(59)51-19-9-3-10-20-51)49-25-27-50(28-26-49)58-38-40-60(66(58)52-21-11-4-12-22-52)64(56-24-14-42-62-44-56)54-35-31-48(32-36-54)46-17-7-2-8-18-46/h1-44H. The van der Waals surface area contributed by atoms with Crippen LogP contribution in [0.15, 0.2) is 267 Å². The zero-order chi connectivity index (χ0) is 44.1. The van der Waals surface area contributed by atoms with Crippen molar-refractivity contribution in [2.75, 3.05) is 9.80 Å². The van der Waals surface area contributed by atoms with Crippen LogP contribution >= 0.6 is 0 Å². The molecule has 0 saturated heterocycles. The fourth-order valence-corrected chi connectivity index (χ4v) is 8.83. The van der Waals surface area contributed by atoms with Crippen molar-refractivity contribution in [3.8, 4) is 56.1 Å². The van der Waals surface area contributed by atoms with Gasteiger partial charge in [0.2, 0.25) is 0 Å². The Labute approximate surface area is 385 Å². The first-order valence-corrected chi connectivity index (χ1v) is 22.1. The van der Waals surface area contributed by atoms with Crippen LogP contribution in [0.5, 0.6) is 0 Å². The Morgan fingerprint density at radius 3 is 0.939 bits per heavy atom. The molecule has 0 spiro atoms. The highest BCUT2D eigenvalue weighted by Crippen LogP contribution is 2.43. The third-order valence-electron chi connectivity index (χ3n) is 12.0. The topological polar surface area (TPSA) is 42.1 Å². The summed E-state index contributed by atoms with van der Waals surface area (Å²) < 4.78 is 4.68. The fourth-order valence-electron chi connectivity index (χ4n) is 8.83. The molecule has 4 aromatic heterocycles. The molecule has 0 saturated carbocycles. The van der Waals surface area contributed by atoms with Crippen molar-refractivity contribution in [2.45, 2.75) is 0 Å². The maximum Gasteiger partial charge on any atom is 0.122 e. The van der Waals surface area contributed by atoms with E-state index >= 15 is 0 Å². The molecule has 6 heteroatoms. The second kappa shape index (κ2) is 18.0. The van der Waals surface area contributed by atoms with Crippen molar-refractivity contribution in [2.24, 2.45) is 0 Å². The highest BCUT2D eigenvalue weighted by atomic mass is 15.3. The number of para-hydroxylation sites is 2. The number of nitrogens with zero attached hydrogens (tertiary/aromatic N) is 6. The minimum atomic E-state index is 0.965. The monoisotopic (exact) mass is 848 g/mol. The largest absolute Gasteiger partial charge is 0.296 e. The summed E-state index contributed by atoms with van der Waals surface area (Å²) >= 11 is 0. The number of aromatic nitrogens is 4. The Balaban J connectivity index is 1.01. The van der Waals surface area contributed by atoms with Gasteiger partial charge in [-0.05, 0) is 130 Å². The number of benzene rings is 7. The molecule has 0 amide bonds. The molecule has 7 aromatic carbocycles. The lowest BCUT2D eigenvalue weighted by atomic mass is 10.1. The molecule has 0 aliphatic rings. The second-order valence-corrected chi connectivity index (χ2v) is 16.0. The van der Waals surface area contributed by atoms with Crippen LogP contribution in [0.4, 0.5) is 34.4 Å². The van der Waals surface area contributed by atoms with Gasteiger partial charge < -0.3 is 0 Å². The summed E-state index contributed by atoms with van der Waals surface area (Å²) in [5.41, 5.74) is 15.1. The van der Waals surface area contributed by atoms with Gasteiger partial charge in [-0.15, -0.1) is 0 Å². The Bertz CT molecular complexity index is 3070. The van der Waals surface area contributed by atoms with E-state index < -0.39 is 0 Å². The summed E-state index contributed by atoms with van der Waals surface area (Å²) in [7, 11) is 0. The number of pyridine rings is 2. The van der Waals surface area contributed by atoms with E-state index in [1.54, 1.807) is 0 Å². The number of rotatable bonds is 12. The molecular formula is C60H44N6. The highest BCUT2D eigenvalue weighted by molar-refractivity contribution is 5.83. The molecule has 314 valence electrons. The second-order valence-electron chi connectivity index (χ2n) is 16.0. The van der Waals surface area contributed by atoms with Gasteiger partial charge in [0.15, 0.2) is 0 Å². The molecule has 4 heterocycles. The summed E-state index contributed by atoms with van der Waals surface area (Å²) in [6.45, 7) is 0. The molecule has 0 aliphatic carbocycles. The van der Waals surface area contributed by atoms with Gasteiger partial charge in [0.05, 0.1) is 35.2 Å². The number of hydrogen-bond donors (Lipinski definition) is 0. The van der Waals surface area contributed by atoms with Crippen molar-refractivity contribution in [3.05, 3.63) is 267 Å². The Hall–Kier alpha value is -9.00. The predicted octanol–water partition coefficient (Wildman–Crippen LogP) is 15.7. The molecule has 66 heavy (non-hydrogen) atoms. The van der Waals surface area contributed by atoms with Gasteiger partial charge in [-0.3, -0.25) is 28.9 Å². The third-order valence-corrected chi connectivity index (χ3v) is 12.0. The van der Waals surface area contributed by atoms with Crippen LogP contribution < -0.4 is 9.80 Å². The first kappa shape index (κ1) is 39.8. The quantitative estimate of drug-likeness (QED) is 0.123. The average Bonchev–Trinajstić information content (AvgIpc) is 4.04. The van der Waals surface area contributed by atoms with Gasteiger partial charge in [0.25, 0.3) is 0 Å². The molecule has 11 rings (SSSR count). The molecule has 0 fully saturated rings. The predicted molar refractivity (Wildman–Crippen MR) is 272 cm³/mol. The van der Waals surface area contributed by atoms with Crippen molar-refractivity contribution in [1.82, 2.24) is 19.1 Å². The Morgan fingerprint density at radius 1 is 0.258 bits per heavy atom. The van der Waals surface area contributed by atoms with Crippen LogP contribution in [-0.4, -0.2) is 19.1 Å².